The van der Waals surface area contributed by atoms with Crippen LogP contribution in [0.2, 0.25) is 0 Å². The van der Waals surface area contributed by atoms with Gasteiger partial charge in [-0.2, -0.15) is 11.3 Å². The van der Waals surface area contributed by atoms with Crippen LogP contribution in [0.3, 0.4) is 0 Å². The van der Waals surface area contributed by atoms with Crippen molar-refractivity contribution >= 4 is 43.2 Å². The number of benzene rings is 1. The first-order valence-corrected chi connectivity index (χ1v) is 7.47. The zero-order chi connectivity index (χ0) is 12.4. The second-order valence-electron chi connectivity index (χ2n) is 3.54. The highest BCUT2D eigenvalue weighted by Gasteiger charge is 2.17. The SMILES string of the molecule is COc1cc(Br)ccc1C(N)c1cscc1Br. The normalized spacial score (nSPS) is 12.5. The van der Waals surface area contributed by atoms with Gasteiger partial charge < -0.3 is 10.5 Å². The van der Waals surface area contributed by atoms with Crippen molar-refractivity contribution < 1.29 is 4.74 Å². The molecule has 1 heterocycles. The van der Waals surface area contributed by atoms with Crippen molar-refractivity contribution in [1.82, 2.24) is 0 Å². The summed E-state index contributed by atoms with van der Waals surface area (Å²) in [6.07, 6.45) is 0. The number of hydrogen-bond acceptors (Lipinski definition) is 3. The second-order valence-corrected chi connectivity index (χ2v) is 6.05. The Morgan fingerprint density at radius 1 is 1.24 bits per heavy atom. The molecule has 2 aromatic rings. The lowest BCUT2D eigenvalue weighted by Gasteiger charge is -2.15. The maximum atomic E-state index is 6.27. The van der Waals surface area contributed by atoms with Crippen molar-refractivity contribution in [2.45, 2.75) is 6.04 Å². The van der Waals surface area contributed by atoms with E-state index >= 15 is 0 Å². The third-order valence-corrected chi connectivity index (χ3v) is 4.75. The first-order chi connectivity index (χ1) is 8.13. The van der Waals surface area contributed by atoms with E-state index in [0.717, 1.165) is 25.8 Å². The number of ether oxygens (including phenoxy) is 1. The average Bonchev–Trinajstić information content (AvgIpc) is 2.74. The molecule has 0 aliphatic carbocycles. The highest BCUT2D eigenvalue weighted by Crippen LogP contribution is 2.35. The Kier molecular flexibility index (Phi) is 4.25. The van der Waals surface area contributed by atoms with Gasteiger partial charge in [0.2, 0.25) is 0 Å². The van der Waals surface area contributed by atoms with Gasteiger partial charge in [-0.25, -0.2) is 0 Å². The van der Waals surface area contributed by atoms with Crippen LogP contribution in [0.15, 0.2) is 37.9 Å². The monoisotopic (exact) mass is 375 g/mol. The van der Waals surface area contributed by atoms with Crippen molar-refractivity contribution in [3.05, 3.63) is 49.0 Å². The second kappa shape index (κ2) is 5.52. The minimum Gasteiger partial charge on any atom is -0.496 e. The van der Waals surface area contributed by atoms with Gasteiger partial charge in [0.15, 0.2) is 0 Å². The lowest BCUT2D eigenvalue weighted by molar-refractivity contribution is 0.407. The predicted octanol–water partition coefficient (Wildman–Crippen LogP) is 4.33. The van der Waals surface area contributed by atoms with Crippen molar-refractivity contribution in [3.8, 4) is 5.75 Å². The number of thiophene rings is 1. The lowest BCUT2D eigenvalue weighted by Crippen LogP contribution is -2.12. The quantitative estimate of drug-likeness (QED) is 0.865. The molecule has 2 N–H and O–H groups in total. The molecular formula is C12H11Br2NOS. The van der Waals surface area contributed by atoms with Crippen LogP contribution in [-0.4, -0.2) is 7.11 Å². The lowest BCUT2D eigenvalue weighted by atomic mass is 10.0. The fourth-order valence-electron chi connectivity index (χ4n) is 1.62. The Labute approximate surface area is 121 Å². The molecular weight excluding hydrogens is 366 g/mol. The predicted molar refractivity (Wildman–Crippen MR) is 78.7 cm³/mol. The summed E-state index contributed by atoms with van der Waals surface area (Å²) in [6.45, 7) is 0. The molecule has 90 valence electrons. The van der Waals surface area contributed by atoms with Crippen LogP contribution in [0, 0.1) is 0 Å². The van der Waals surface area contributed by atoms with Crippen molar-refractivity contribution in [1.29, 1.82) is 0 Å². The van der Waals surface area contributed by atoms with Gasteiger partial charge in [0.25, 0.3) is 0 Å². The van der Waals surface area contributed by atoms with Crippen molar-refractivity contribution in [2.24, 2.45) is 5.73 Å². The summed E-state index contributed by atoms with van der Waals surface area (Å²) in [5, 5.41) is 4.08. The van der Waals surface area contributed by atoms with Gasteiger partial charge in [-0.3, -0.25) is 0 Å². The third-order valence-electron chi connectivity index (χ3n) is 2.51. The van der Waals surface area contributed by atoms with Crippen LogP contribution in [0.5, 0.6) is 5.75 Å². The standard InChI is InChI=1S/C12H11Br2NOS/c1-16-11-4-7(13)2-3-8(11)12(15)9-5-17-6-10(9)14/h2-6,12H,15H2,1H3. The van der Waals surface area contributed by atoms with E-state index in [1.807, 2.05) is 23.6 Å². The van der Waals surface area contributed by atoms with Gasteiger partial charge in [-0.1, -0.05) is 22.0 Å². The molecule has 0 fully saturated rings. The van der Waals surface area contributed by atoms with E-state index in [-0.39, 0.29) is 6.04 Å². The molecule has 2 rings (SSSR count). The topological polar surface area (TPSA) is 35.2 Å². The molecule has 0 bridgehead atoms. The largest absolute Gasteiger partial charge is 0.496 e. The summed E-state index contributed by atoms with van der Waals surface area (Å²) < 4.78 is 7.39. The Bertz CT molecular complexity index is 527. The van der Waals surface area contributed by atoms with Crippen LogP contribution in [0.1, 0.15) is 17.2 Å². The van der Waals surface area contributed by atoms with Crippen LogP contribution < -0.4 is 10.5 Å². The molecule has 1 aromatic heterocycles. The molecule has 17 heavy (non-hydrogen) atoms. The maximum absolute atomic E-state index is 6.27. The molecule has 0 saturated carbocycles. The molecule has 0 spiro atoms. The molecule has 0 amide bonds. The van der Waals surface area contributed by atoms with Crippen LogP contribution in [0.4, 0.5) is 0 Å². The summed E-state index contributed by atoms with van der Waals surface area (Å²) in [6, 6.07) is 5.70. The Hall–Kier alpha value is -0.360. The zero-order valence-corrected chi connectivity index (χ0v) is 13.1. The van der Waals surface area contributed by atoms with Crippen LogP contribution in [0.25, 0.3) is 0 Å². The number of nitrogens with two attached hydrogens (primary N) is 1. The fourth-order valence-corrected chi connectivity index (χ4v) is 3.54. The maximum Gasteiger partial charge on any atom is 0.125 e. The molecule has 2 nitrogen and oxygen atoms in total. The average molecular weight is 377 g/mol. The molecule has 0 aliphatic rings. The Balaban J connectivity index is 2.44. The first kappa shape index (κ1) is 13.1. The number of rotatable bonds is 3. The molecule has 1 aromatic carbocycles. The van der Waals surface area contributed by atoms with Crippen LogP contribution >= 0.6 is 43.2 Å². The third kappa shape index (κ3) is 2.73. The summed E-state index contributed by atoms with van der Waals surface area (Å²) in [4.78, 5) is 0. The van der Waals surface area contributed by atoms with Crippen molar-refractivity contribution in [3.63, 3.8) is 0 Å². The van der Waals surface area contributed by atoms with Crippen LogP contribution in [-0.2, 0) is 0 Å². The number of hydrogen-bond donors (Lipinski definition) is 1. The van der Waals surface area contributed by atoms with Gasteiger partial charge in [0.1, 0.15) is 5.75 Å². The Morgan fingerprint density at radius 2 is 2.00 bits per heavy atom. The molecule has 1 unspecified atom stereocenters. The van der Waals surface area contributed by atoms with Gasteiger partial charge >= 0.3 is 0 Å². The van der Waals surface area contributed by atoms with E-state index in [2.05, 4.69) is 37.2 Å². The molecule has 0 aliphatic heterocycles. The van der Waals surface area contributed by atoms with Gasteiger partial charge in [-0.15, -0.1) is 0 Å². The fraction of sp³-hybridized carbons (Fsp3) is 0.167. The van der Waals surface area contributed by atoms with E-state index in [1.54, 1.807) is 18.4 Å². The van der Waals surface area contributed by atoms with Gasteiger partial charge in [0, 0.05) is 19.9 Å². The number of halogens is 2. The summed E-state index contributed by atoms with van der Waals surface area (Å²) in [5.74, 6) is 0.796. The van der Waals surface area contributed by atoms with Crippen molar-refractivity contribution in [2.75, 3.05) is 7.11 Å². The molecule has 0 saturated heterocycles. The minimum atomic E-state index is -0.182. The van der Waals surface area contributed by atoms with E-state index in [0.29, 0.717) is 0 Å². The molecule has 0 radical (unpaired) electrons. The summed E-state index contributed by atoms with van der Waals surface area (Å²) in [5.41, 5.74) is 8.33. The zero-order valence-electron chi connectivity index (χ0n) is 9.11. The highest BCUT2D eigenvalue weighted by atomic mass is 79.9. The summed E-state index contributed by atoms with van der Waals surface area (Å²) >= 11 is 8.56. The molecule has 1 atom stereocenters. The van der Waals surface area contributed by atoms with Gasteiger partial charge in [-0.05, 0) is 39.0 Å². The first-order valence-electron chi connectivity index (χ1n) is 4.94. The smallest absolute Gasteiger partial charge is 0.125 e. The Morgan fingerprint density at radius 3 is 2.59 bits per heavy atom. The van der Waals surface area contributed by atoms with E-state index in [4.69, 9.17) is 10.5 Å². The molecule has 5 heteroatoms. The van der Waals surface area contributed by atoms with Gasteiger partial charge in [0.05, 0.1) is 13.2 Å². The highest BCUT2D eigenvalue weighted by molar-refractivity contribution is 9.10. The number of methoxy groups -OCH3 is 1. The minimum absolute atomic E-state index is 0.182. The van der Waals surface area contributed by atoms with E-state index < -0.39 is 0 Å². The summed E-state index contributed by atoms with van der Waals surface area (Å²) in [7, 11) is 1.65. The van der Waals surface area contributed by atoms with E-state index in [9.17, 15) is 0 Å². The van der Waals surface area contributed by atoms with E-state index in [1.165, 1.54) is 0 Å².